The first-order valence-electron chi connectivity index (χ1n) is 6.96. The summed E-state index contributed by atoms with van der Waals surface area (Å²) in [4.78, 5) is 38.6. The number of nitrogens with zero attached hydrogens (tertiary/aromatic N) is 1. The normalized spacial score (nSPS) is 10.4. The Hall–Kier alpha value is -2.83. The Morgan fingerprint density at radius 2 is 1.91 bits per heavy atom. The van der Waals surface area contributed by atoms with Crippen molar-refractivity contribution in [3.05, 3.63) is 46.5 Å². The van der Waals surface area contributed by atoms with E-state index in [1.807, 2.05) is 0 Å². The zero-order valence-corrected chi connectivity index (χ0v) is 13.4. The molecule has 2 aromatic heterocycles. The summed E-state index contributed by atoms with van der Waals surface area (Å²) in [5, 5.41) is 0. The van der Waals surface area contributed by atoms with Crippen molar-refractivity contribution in [1.82, 2.24) is 9.55 Å². The number of ketones is 1. The van der Waals surface area contributed by atoms with E-state index in [-0.39, 0.29) is 18.1 Å². The standard InChI is InChI=1S/C16H18N2O5/c1-9-13(15(20)22-4)10(2)17-14(9)16(21)23-8-12(19)11-6-5-7-18(11)3/h5-7,17H,8H2,1-4H3. The molecule has 0 unspecified atom stereocenters. The van der Waals surface area contributed by atoms with E-state index in [2.05, 4.69) is 9.72 Å². The highest BCUT2D eigenvalue weighted by atomic mass is 16.5. The minimum atomic E-state index is -0.691. The molecule has 0 radical (unpaired) electrons. The molecular weight excluding hydrogens is 300 g/mol. The van der Waals surface area contributed by atoms with E-state index in [4.69, 9.17) is 4.74 Å². The van der Waals surface area contributed by atoms with Crippen LogP contribution in [0, 0.1) is 13.8 Å². The van der Waals surface area contributed by atoms with E-state index in [0.29, 0.717) is 22.5 Å². The van der Waals surface area contributed by atoms with Gasteiger partial charge in [0.05, 0.1) is 18.4 Å². The molecule has 23 heavy (non-hydrogen) atoms. The van der Waals surface area contributed by atoms with E-state index < -0.39 is 11.9 Å². The molecule has 0 amide bonds. The Labute approximate surface area is 133 Å². The van der Waals surface area contributed by atoms with Gasteiger partial charge in [0.25, 0.3) is 0 Å². The summed E-state index contributed by atoms with van der Waals surface area (Å²) < 4.78 is 11.4. The first-order chi connectivity index (χ1) is 10.9. The van der Waals surface area contributed by atoms with Gasteiger partial charge in [-0.1, -0.05) is 0 Å². The van der Waals surface area contributed by atoms with Crippen LogP contribution in [0.1, 0.15) is 42.6 Å². The van der Waals surface area contributed by atoms with Crippen molar-refractivity contribution in [2.75, 3.05) is 13.7 Å². The fourth-order valence-corrected chi connectivity index (χ4v) is 2.39. The SMILES string of the molecule is COC(=O)c1c(C)[nH]c(C(=O)OCC(=O)c2cccn2C)c1C. The van der Waals surface area contributed by atoms with Gasteiger partial charge in [0.15, 0.2) is 6.61 Å². The highest BCUT2D eigenvalue weighted by molar-refractivity contribution is 6.00. The van der Waals surface area contributed by atoms with E-state index in [1.54, 1.807) is 43.8 Å². The summed E-state index contributed by atoms with van der Waals surface area (Å²) in [7, 11) is 3.00. The second kappa shape index (κ2) is 6.51. The van der Waals surface area contributed by atoms with Crippen molar-refractivity contribution >= 4 is 17.7 Å². The molecule has 7 nitrogen and oxygen atoms in total. The quantitative estimate of drug-likeness (QED) is 0.670. The maximum absolute atomic E-state index is 12.1. The Bertz CT molecular complexity index is 770. The first kappa shape index (κ1) is 16.5. The van der Waals surface area contributed by atoms with E-state index in [1.165, 1.54) is 7.11 Å². The minimum Gasteiger partial charge on any atom is -0.465 e. The topological polar surface area (TPSA) is 90.4 Å². The molecule has 0 aliphatic rings. The van der Waals surface area contributed by atoms with Crippen molar-refractivity contribution in [3.63, 3.8) is 0 Å². The number of rotatable bonds is 5. The van der Waals surface area contributed by atoms with Crippen molar-refractivity contribution in [2.24, 2.45) is 7.05 Å². The van der Waals surface area contributed by atoms with Gasteiger partial charge in [-0.15, -0.1) is 0 Å². The largest absolute Gasteiger partial charge is 0.465 e. The molecule has 2 aromatic rings. The van der Waals surface area contributed by atoms with Crippen molar-refractivity contribution < 1.29 is 23.9 Å². The maximum Gasteiger partial charge on any atom is 0.355 e. The lowest BCUT2D eigenvalue weighted by Gasteiger charge is -2.05. The number of carbonyl (C=O) groups excluding carboxylic acids is 3. The minimum absolute atomic E-state index is 0.141. The Morgan fingerprint density at radius 3 is 2.48 bits per heavy atom. The van der Waals surface area contributed by atoms with Crippen LogP contribution in [-0.4, -0.2) is 41.0 Å². The molecule has 0 bridgehead atoms. The lowest BCUT2D eigenvalue weighted by atomic mass is 10.1. The number of aromatic amines is 1. The molecule has 0 aliphatic heterocycles. The van der Waals surface area contributed by atoms with Gasteiger partial charge in [-0.05, 0) is 31.5 Å². The summed E-state index contributed by atoms with van der Waals surface area (Å²) in [6.45, 7) is 2.90. The van der Waals surface area contributed by atoms with Crippen molar-refractivity contribution in [1.29, 1.82) is 0 Å². The molecule has 0 fully saturated rings. The molecule has 0 aromatic carbocycles. The number of Topliss-reactive ketones (excluding diaryl/α,β-unsaturated/α-hetero) is 1. The number of esters is 2. The highest BCUT2D eigenvalue weighted by Crippen LogP contribution is 2.19. The van der Waals surface area contributed by atoms with E-state index in [9.17, 15) is 14.4 Å². The van der Waals surface area contributed by atoms with E-state index in [0.717, 1.165) is 0 Å². The molecule has 7 heteroatoms. The molecule has 2 rings (SSSR count). The molecule has 0 saturated carbocycles. The van der Waals surface area contributed by atoms with Gasteiger partial charge in [-0.3, -0.25) is 4.79 Å². The van der Waals surface area contributed by atoms with Gasteiger partial charge in [0.1, 0.15) is 5.69 Å². The van der Waals surface area contributed by atoms with Crippen LogP contribution in [0.15, 0.2) is 18.3 Å². The molecule has 122 valence electrons. The van der Waals surface area contributed by atoms with Crippen LogP contribution in [0.5, 0.6) is 0 Å². The van der Waals surface area contributed by atoms with Crippen LogP contribution >= 0.6 is 0 Å². The molecule has 0 spiro atoms. The van der Waals surface area contributed by atoms with Gasteiger partial charge in [-0.25, -0.2) is 9.59 Å². The molecule has 1 N–H and O–H groups in total. The van der Waals surface area contributed by atoms with Gasteiger partial charge < -0.3 is 19.0 Å². The van der Waals surface area contributed by atoms with Gasteiger partial charge in [0, 0.05) is 18.9 Å². The molecular formula is C16H18N2O5. The summed E-state index contributed by atoms with van der Waals surface area (Å²) in [6, 6.07) is 3.38. The van der Waals surface area contributed by atoms with Gasteiger partial charge in [0.2, 0.25) is 5.78 Å². The number of hydrogen-bond acceptors (Lipinski definition) is 5. The van der Waals surface area contributed by atoms with Gasteiger partial charge >= 0.3 is 11.9 Å². The number of aromatic nitrogens is 2. The van der Waals surface area contributed by atoms with Crippen LogP contribution < -0.4 is 0 Å². The number of nitrogens with one attached hydrogen (secondary N) is 1. The summed E-state index contributed by atoms with van der Waals surface area (Å²) in [5.41, 5.74) is 1.84. The van der Waals surface area contributed by atoms with Crippen LogP contribution in [0.25, 0.3) is 0 Å². The second-order valence-electron chi connectivity index (χ2n) is 5.12. The predicted octanol–water partition coefficient (Wildman–Crippen LogP) is 1.80. The van der Waals surface area contributed by atoms with Crippen LogP contribution in [0.3, 0.4) is 0 Å². The monoisotopic (exact) mass is 318 g/mol. The molecule has 0 aliphatic carbocycles. The Balaban J connectivity index is 2.11. The van der Waals surface area contributed by atoms with Crippen LogP contribution in [0.4, 0.5) is 0 Å². The lowest BCUT2D eigenvalue weighted by molar-refractivity contribution is 0.0466. The predicted molar refractivity (Wildman–Crippen MR) is 81.6 cm³/mol. The number of methoxy groups -OCH3 is 1. The Kier molecular flexibility index (Phi) is 4.68. The number of hydrogen-bond donors (Lipinski definition) is 1. The van der Waals surface area contributed by atoms with Crippen LogP contribution in [-0.2, 0) is 16.5 Å². The fraction of sp³-hybridized carbons (Fsp3) is 0.312. The van der Waals surface area contributed by atoms with Crippen molar-refractivity contribution in [2.45, 2.75) is 13.8 Å². The molecule has 2 heterocycles. The fourth-order valence-electron chi connectivity index (χ4n) is 2.39. The molecule has 0 atom stereocenters. The zero-order valence-electron chi connectivity index (χ0n) is 13.4. The third-order valence-corrected chi connectivity index (χ3v) is 3.59. The number of H-pyrrole nitrogens is 1. The Morgan fingerprint density at radius 1 is 1.22 bits per heavy atom. The lowest BCUT2D eigenvalue weighted by Crippen LogP contribution is -2.17. The number of aryl methyl sites for hydroxylation is 2. The van der Waals surface area contributed by atoms with Crippen molar-refractivity contribution in [3.8, 4) is 0 Å². The second-order valence-corrected chi connectivity index (χ2v) is 5.12. The average molecular weight is 318 g/mol. The average Bonchev–Trinajstić information content (AvgIpc) is 3.07. The number of carbonyl (C=O) groups is 3. The summed E-state index contributed by atoms with van der Waals surface area (Å²) >= 11 is 0. The van der Waals surface area contributed by atoms with Gasteiger partial charge in [-0.2, -0.15) is 0 Å². The maximum atomic E-state index is 12.1. The number of ether oxygens (including phenoxy) is 2. The first-order valence-corrected chi connectivity index (χ1v) is 6.96. The third-order valence-electron chi connectivity index (χ3n) is 3.59. The van der Waals surface area contributed by atoms with E-state index >= 15 is 0 Å². The highest BCUT2D eigenvalue weighted by Gasteiger charge is 2.24. The smallest absolute Gasteiger partial charge is 0.355 e. The van der Waals surface area contributed by atoms with Crippen LogP contribution in [0.2, 0.25) is 0 Å². The summed E-state index contributed by atoms with van der Waals surface area (Å²) in [5.74, 6) is -1.53. The molecule has 0 saturated heterocycles. The summed E-state index contributed by atoms with van der Waals surface area (Å²) in [6.07, 6.45) is 1.73. The zero-order chi connectivity index (χ0) is 17.1. The third kappa shape index (κ3) is 3.18.